The number of hydrogen-bond donors (Lipinski definition) is 7. The number of carboxylic acid groups (broad SMARTS) is 1. The molecule has 2 aromatic heterocycles. The van der Waals surface area contributed by atoms with E-state index in [1.807, 2.05) is 0 Å². The SMILES string of the molecule is CC(NC(=O)/C(=N\OC1(C(=O)O)CC1)c1csc(N)n1)C(Cn1ncc(CN=C(N)NC2CC(N)C2)n1)N(C=O)S(=O)(=O)O. The summed E-state index contributed by atoms with van der Waals surface area (Å²) in [5, 5.41) is 28.4. The van der Waals surface area contributed by atoms with Gasteiger partial charge in [-0.1, -0.05) is 5.16 Å². The normalized spacial score (nSPS) is 21.0. The summed E-state index contributed by atoms with van der Waals surface area (Å²) in [6, 6.07) is -2.40. The van der Waals surface area contributed by atoms with Gasteiger partial charge in [-0.2, -0.15) is 23.4 Å². The fourth-order valence-electron chi connectivity index (χ4n) is 4.19. The highest BCUT2D eigenvalue weighted by molar-refractivity contribution is 7.83. The quantitative estimate of drug-likeness (QED) is 0.0339. The molecule has 10 N–H and O–H groups in total. The molecule has 0 bridgehead atoms. The van der Waals surface area contributed by atoms with E-state index in [-0.39, 0.29) is 59.0 Å². The Bertz CT molecular complexity index is 1550. The number of carboxylic acids is 1. The van der Waals surface area contributed by atoms with Gasteiger partial charge in [-0.3, -0.25) is 14.1 Å². The second-order valence-corrected chi connectivity index (χ2v) is 12.5. The highest BCUT2D eigenvalue weighted by atomic mass is 32.2. The van der Waals surface area contributed by atoms with Gasteiger partial charge in [0.25, 0.3) is 5.91 Å². The average Bonchev–Trinajstić information content (AvgIpc) is 3.39. The molecule has 0 aromatic carbocycles. The van der Waals surface area contributed by atoms with E-state index in [2.05, 4.69) is 36.0 Å². The third kappa shape index (κ3) is 7.94. The Balaban J connectivity index is 1.50. The Kier molecular flexibility index (Phi) is 9.66. The van der Waals surface area contributed by atoms with Gasteiger partial charge in [-0.15, -0.1) is 11.3 Å². The lowest BCUT2D eigenvalue weighted by Crippen LogP contribution is -2.55. The van der Waals surface area contributed by atoms with E-state index in [9.17, 15) is 32.5 Å². The molecule has 2 aliphatic carbocycles. The molecular formula is C22H32N12O8S2. The highest BCUT2D eigenvalue weighted by Gasteiger charge is 2.54. The lowest BCUT2D eigenvalue weighted by molar-refractivity contribution is -0.153. The lowest BCUT2D eigenvalue weighted by atomic mass is 9.88. The second-order valence-electron chi connectivity index (χ2n) is 10.3. The van der Waals surface area contributed by atoms with Crippen molar-refractivity contribution < 1.29 is 37.3 Å². The summed E-state index contributed by atoms with van der Waals surface area (Å²) in [6.45, 7) is 0.968. The molecule has 2 unspecified atom stereocenters. The molecule has 2 fully saturated rings. The minimum Gasteiger partial charge on any atom is -0.478 e. The fourth-order valence-corrected chi connectivity index (χ4v) is 5.44. The third-order valence-electron chi connectivity index (χ3n) is 6.89. The Morgan fingerprint density at radius 2 is 2.09 bits per heavy atom. The second kappa shape index (κ2) is 13.1. The molecule has 0 radical (unpaired) electrons. The summed E-state index contributed by atoms with van der Waals surface area (Å²) in [4.78, 5) is 51.0. The van der Waals surface area contributed by atoms with Crippen LogP contribution in [0.5, 0.6) is 0 Å². The number of anilines is 1. The summed E-state index contributed by atoms with van der Waals surface area (Å²) in [5.74, 6) is -2.04. The Hall–Kier alpha value is -4.41. The summed E-state index contributed by atoms with van der Waals surface area (Å²) >= 11 is 0.980. The van der Waals surface area contributed by atoms with Crippen molar-refractivity contribution in [2.45, 2.75) is 75.5 Å². The molecule has 2 amide bonds. The Morgan fingerprint density at radius 1 is 1.39 bits per heavy atom. The van der Waals surface area contributed by atoms with Crippen LogP contribution in [0.2, 0.25) is 0 Å². The first-order chi connectivity index (χ1) is 20.7. The molecular weight excluding hydrogens is 624 g/mol. The average molecular weight is 657 g/mol. The number of aliphatic imine (C=N–C) groups is 1. The summed E-state index contributed by atoms with van der Waals surface area (Å²) in [7, 11) is -5.10. The number of thiazole rings is 1. The van der Waals surface area contributed by atoms with Gasteiger partial charge in [0.1, 0.15) is 11.4 Å². The molecule has 240 valence electrons. The molecule has 20 nitrogen and oxygen atoms in total. The van der Waals surface area contributed by atoms with Crippen molar-refractivity contribution in [1.29, 1.82) is 0 Å². The van der Waals surface area contributed by atoms with Crippen molar-refractivity contribution in [3.8, 4) is 0 Å². The van der Waals surface area contributed by atoms with E-state index in [4.69, 9.17) is 22.0 Å². The van der Waals surface area contributed by atoms with Gasteiger partial charge in [-0.25, -0.2) is 19.1 Å². The van der Waals surface area contributed by atoms with Crippen molar-refractivity contribution in [1.82, 2.24) is 34.9 Å². The first kappa shape index (κ1) is 32.5. The predicted octanol–water partition coefficient (Wildman–Crippen LogP) is -2.62. The zero-order chi connectivity index (χ0) is 32.2. The van der Waals surface area contributed by atoms with Gasteiger partial charge < -0.3 is 37.8 Å². The van der Waals surface area contributed by atoms with E-state index < -0.39 is 52.1 Å². The van der Waals surface area contributed by atoms with Crippen LogP contribution < -0.4 is 27.8 Å². The van der Waals surface area contributed by atoms with Crippen LogP contribution in [0.1, 0.15) is 44.0 Å². The maximum Gasteiger partial charge on any atom is 0.362 e. The number of rotatable bonds is 15. The molecule has 22 heteroatoms. The molecule has 0 saturated heterocycles. The van der Waals surface area contributed by atoms with Crippen molar-refractivity contribution in [2.75, 3.05) is 5.73 Å². The van der Waals surface area contributed by atoms with E-state index in [1.165, 1.54) is 18.5 Å². The van der Waals surface area contributed by atoms with Crippen molar-refractivity contribution in [3.05, 3.63) is 23.0 Å². The van der Waals surface area contributed by atoms with Crippen LogP contribution in [0.4, 0.5) is 5.13 Å². The van der Waals surface area contributed by atoms with Gasteiger partial charge >= 0.3 is 16.3 Å². The molecule has 44 heavy (non-hydrogen) atoms. The first-order valence-electron chi connectivity index (χ1n) is 13.1. The number of nitrogens with zero attached hydrogens (tertiary/aromatic N) is 7. The number of guanidine groups is 1. The number of nitrogens with one attached hydrogen (secondary N) is 2. The van der Waals surface area contributed by atoms with Gasteiger partial charge in [-0.05, 0) is 19.8 Å². The van der Waals surface area contributed by atoms with E-state index >= 15 is 0 Å². The van der Waals surface area contributed by atoms with Crippen molar-refractivity contribution in [2.24, 2.45) is 21.6 Å². The predicted molar refractivity (Wildman–Crippen MR) is 154 cm³/mol. The van der Waals surface area contributed by atoms with Crippen LogP contribution in [-0.2, 0) is 42.6 Å². The van der Waals surface area contributed by atoms with Crippen LogP contribution in [0.15, 0.2) is 21.7 Å². The Labute approximate surface area is 254 Å². The minimum absolute atomic E-state index is 0.0265. The maximum absolute atomic E-state index is 13.3. The number of carbonyl (C=O) groups excluding carboxylic acids is 2. The number of nitrogens with two attached hydrogens (primary N) is 3. The number of nitrogen functional groups attached to an aromatic ring is 1. The molecule has 2 aromatic rings. The summed E-state index contributed by atoms with van der Waals surface area (Å²) in [6.07, 6.45) is 3.10. The van der Waals surface area contributed by atoms with E-state index in [0.29, 0.717) is 5.69 Å². The number of aliphatic carboxylic acids is 1. The number of carbonyl (C=O) groups is 3. The first-order valence-corrected chi connectivity index (χ1v) is 15.4. The van der Waals surface area contributed by atoms with Crippen LogP contribution in [0, 0.1) is 0 Å². The molecule has 2 heterocycles. The Morgan fingerprint density at radius 3 is 2.64 bits per heavy atom. The van der Waals surface area contributed by atoms with E-state index in [0.717, 1.165) is 29.0 Å². The third-order valence-corrected chi connectivity index (χ3v) is 8.45. The van der Waals surface area contributed by atoms with Crippen LogP contribution in [0.25, 0.3) is 0 Å². The standard InChI is InChI=1S/C22H32N12O8S2/c1-11(28-18(36)17(15-9-43-21(25)30-15)32-42-22(2-3-22)19(37)38)16(33(10-35)44(39,40)41)8-34-27-7-14(31-34)6-26-20(24)29-13-4-12(23)5-13/h7,9-13,16H,2-6,8,23H2,1H3,(H2,25,30)(H,28,36)(H,37,38)(H3,24,26,29)(H,39,40,41)/b32-17-. The largest absolute Gasteiger partial charge is 0.478 e. The van der Waals surface area contributed by atoms with Gasteiger partial charge in [0.05, 0.1) is 25.3 Å². The summed E-state index contributed by atoms with van der Waals surface area (Å²) < 4.78 is 34.0. The molecule has 2 atom stereocenters. The minimum atomic E-state index is -5.10. The number of amides is 2. The zero-order valence-electron chi connectivity index (χ0n) is 23.3. The molecule has 0 spiro atoms. The van der Waals surface area contributed by atoms with Crippen molar-refractivity contribution >= 4 is 56.7 Å². The molecule has 4 rings (SSSR count). The smallest absolute Gasteiger partial charge is 0.362 e. The van der Waals surface area contributed by atoms with Gasteiger partial charge in [0, 0.05) is 36.3 Å². The molecule has 2 aliphatic rings. The number of hydrogen-bond acceptors (Lipinski definition) is 14. The lowest BCUT2D eigenvalue weighted by Gasteiger charge is -2.33. The summed E-state index contributed by atoms with van der Waals surface area (Å²) in [5.41, 5.74) is 15.6. The molecule has 0 aliphatic heterocycles. The van der Waals surface area contributed by atoms with Crippen LogP contribution in [-0.4, -0.2) is 102 Å². The monoisotopic (exact) mass is 656 g/mol. The topological polar surface area (TPSA) is 309 Å². The zero-order valence-corrected chi connectivity index (χ0v) is 24.9. The van der Waals surface area contributed by atoms with E-state index in [1.54, 1.807) is 0 Å². The number of oxime groups is 1. The van der Waals surface area contributed by atoms with Crippen LogP contribution >= 0.6 is 11.3 Å². The van der Waals surface area contributed by atoms with Crippen molar-refractivity contribution in [3.63, 3.8) is 0 Å². The maximum atomic E-state index is 13.3. The molecule has 2 saturated carbocycles. The highest BCUT2D eigenvalue weighted by Crippen LogP contribution is 2.40. The van der Waals surface area contributed by atoms with Gasteiger partial charge in [0.2, 0.25) is 12.0 Å². The van der Waals surface area contributed by atoms with Crippen LogP contribution in [0.3, 0.4) is 0 Å². The number of aromatic nitrogens is 4. The fraction of sp³-hybridized carbons (Fsp3) is 0.545. The van der Waals surface area contributed by atoms with Gasteiger partial charge in [0.15, 0.2) is 16.8 Å².